The summed E-state index contributed by atoms with van der Waals surface area (Å²) in [6.45, 7) is 2.42. The third-order valence-corrected chi connectivity index (χ3v) is 6.70. The van der Waals surface area contributed by atoms with E-state index in [1.54, 1.807) is 12.1 Å². The molecule has 1 heterocycles. The maximum absolute atomic E-state index is 10.6. The van der Waals surface area contributed by atoms with Crippen LogP contribution in [0, 0.1) is 18.3 Å². The number of thioether (sulfide) groups is 1. The van der Waals surface area contributed by atoms with Gasteiger partial charge in [-0.15, -0.1) is 11.8 Å². The van der Waals surface area contributed by atoms with Crippen molar-refractivity contribution < 1.29 is 5.11 Å². The second kappa shape index (κ2) is 11.2. The number of hydrogen-bond donors (Lipinski definition) is 2. The Morgan fingerprint density at radius 2 is 1.71 bits per heavy atom. The van der Waals surface area contributed by atoms with Crippen molar-refractivity contribution in [2.45, 2.75) is 18.1 Å². The van der Waals surface area contributed by atoms with Crippen LogP contribution < -0.4 is 5.32 Å². The van der Waals surface area contributed by atoms with Crippen LogP contribution in [0.15, 0.2) is 90.0 Å². The summed E-state index contributed by atoms with van der Waals surface area (Å²) < 4.78 is 0. The SMILES string of the molecule is Cc1ccc(-c2cc(-c3ccccc3)c(C#N)c(SCC(O)CNc3ccc(Cl)cc3)n2)cc1. The van der Waals surface area contributed by atoms with Crippen LogP contribution in [0.1, 0.15) is 11.1 Å². The molecule has 4 rings (SSSR count). The predicted octanol–water partition coefficient (Wildman–Crippen LogP) is 6.81. The van der Waals surface area contributed by atoms with Gasteiger partial charge >= 0.3 is 0 Å². The second-order valence-electron chi connectivity index (χ2n) is 7.93. The summed E-state index contributed by atoms with van der Waals surface area (Å²) in [5.41, 5.74) is 6.16. The van der Waals surface area contributed by atoms with Gasteiger partial charge in [-0.25, -0.2) is 4.98 Å². The number of aryl methyl sites for hydroxylation is 1. The Morgan fingerprint density at radius 1 is 1.00 bits per heavy atom. The first-order valence-corrected chi connectivity index (χ1v) is 12.3. The lowest BCUT2D eigenvalue weighted by Crippen LogP contribution is -2.22. The Morgan fingerprint density at radius 3 is 2.38 bits per heavy atom. The Labute approximate surface area is 209 Å². The molecule has 1 unspecified atom stereocenters. The average Bonchev–Trinajstić information content (AvgIpc) is 2.87. The molecule has 1 aromatic heterocycles. The first kappa shape index (κ1) is 23.8. The summed E-state index contributed by atoms with van der Waals surface area (Å²) in [4.78, 5) is 4.82. The maximum atomic E-state index is 10.6. The molecule has 0 fully saturated rings. The number of hydrogen-bond acceptors (Lipinski definition) is 5. The molecule has 170 valence electrons. The average molecular weight is 486 g/mol. The van der Waals surface area contributed by atoms with Gasteiger partial charge in [0.05, 0.1) is 17.4 Å². The van der Waals surface area contributed by atoms with Crippen molar-refractivity contribution in [3.8, 4) is 28.5 Å². The molecule has 0 spiro atoms. The fraction of sp³-hybridized carbons (Fsp3) is 0.143. The van der Waals surface area contributed by atoms with Gasteiger partial charge in [0.25, 0.3) is 0 Å². The van der Waals surface area contributed by atoms with Crippen molar-refractivity contribution in [3.63, 3.8) is 0 Å². The van der Waals surface area contributed by atoms with Gasteiger partial charge < -0.3 is 10.4 Å². The Kier molecular flexibility index (Phi) is 7.87. The summed E-state index contributed by atoms with van der Waals surface area (Å²) in [6.07, 6.45) is -0.628. The number of anilines is 1. The van der Waals surface area contributed by atoms with E-state index in [0.717, 1.165) is 28.1 Å². The number of nitrogens with zero attached hydrogens (tertiary/aromatic N) is 2. The molecular formula is C28H24ClN3OS. The Hall–Kier alpha value is -3.30. The summed E-state index contributed by atoms with van der Waals surface area (Å²) in [7, 11) is 0. The van der Waals surface area contributed by atoms with Crippen molar-refractivity contribution in [1.82, 2.24) is 4.98 Å². The minimum Gasteiger partial charge on any atom is -0.390 e. The molecule has 6 heteroatoms. The molecule has 0 bridgehead atoms. The van der Waals surface area contributed by atoms with Gasteiger partial charge in [0.15, 0.2) is 0 Å². The molecule has 0 saturated heterocycles. The number of aromatic nitrogens is 1. The molecule has 3 aromatic carbocycles. The number of aliphatic hydroxyl groups is 1. The van der Waals surface area contributed by atoms with Crippen LogP contribution in [0.5, 0.6) is 0 Å². The third-order valence-electron chi connectivity index (χ3n) is 5.33. The van der Waals surface area contributed by atoms with Gasteiger partial charge in [-0.05, 0) is 42.8 Å². The van der Waals surface area contributed by atoms with E-state index in [0.29, 0.717) is 27.9 Å². The quantitative estimate of drug-likeness (QED) is 0.268. The van der Waals surface area contributed by atoms with Crippen molar-refractivity contribution in [1.29, 1.82) is 5.26 Å². The van der Waals surface area contributed by atoms with Crippen LogP contribution in [-0.2, 0) is 0 Å². The van der Waals surface area contributed by atoms with Crippen LogP contribution in [0.3, 0.4) is 0 Å². The van der Waals surface area contributed by atoms with Gasteiger partial charge in [-0.3, -0.25) is 0 Å². The lowest BCUT2D eigenvalue weighted by molar-refractivity contribution is 0.213. The molecule has 4 aromatic rings. The summed E-state index contributed by atoms with van der Waals surface area (Å²) >= 11 is 7.32. The van der Waals surface area contributed by atoms with Crippen molar-refractivity contribution >= 4 is 29.1 Å². The highest BCUT2D eigenvalue weighted by Crippen LogP contribution is 2.34. The number of aliphatic hydroxyl groups excluding tert-OH is 1. The number of benzene rings is 3. The van der Waals surface area contributed by atoms with E-state index in [9.17, 15) is 10.4 Å². The molecule has 0 radical (unpaired) electrons. The Bertz CT molecular complexity index is 1290. The fourth-order valence-electron chi connectivity index (χ4n) is 3.49. The predicted molar refractivity (Wildman–Crippen MR) is 141 cm³/mol. The topological polar surface area (TPSA) is 68.9 Å². The van der Waals surface area contributed by atoms with E-state index in [2.05, 4.69) is 23.5 Å². The summed E-state index contributed by atoms with van der Waals surface area (Å²) in [5.74, 6) is 0.397. The van der Waals surface area contributed by atoms with Crippen LogP contribution in [-0.4, -0.2) is 28.5 Å². The molecular weight excluding hydrogens is 462 g/mol. The van der Waals surface area contributed by atoms with Crippen LogP contribution in [0.4, 0.5) is 5.69 Å². The zero-order chi connectivity index (χ0) is 23.9. The van der Waals surface area contributed by atoms with Gasteiger partial charge in [0.2, 0.25) is 0 Å². The van der Waals surface area contributed by atoms with E-state index in [1.165, 1.54) is 17.3 Å². The van der Waals surface area contributed by atoms with Gasteiger partial charge in [-0.1, -0.05) is 71.8 Å². The van der Waals surface area contributed by atoms with Gasteiger partial charge in [0, 0.05) is 34.1 Å². The third kappa shape index (κ3) is 5.98. The van der Waals surface area contributed by atoms with E-state index < -0.39 is 6.10 Å². The van der Waals surface area contributed by atoms with Crippen LogP contribution in [0.25, 0.3) is 22.4 Å². The molecule has 0 aliphatic heterocycles. The monoisotopic (exact) mass is 485 g/mol. The van der Waals surface area contributed by atoms with Crippen molar-refractivity contribution in [3.05, 3.63) is 101 Å². The Balaban J connectivity index is 1.59. The smallest absolute Gasteiger partial charge is 0.115 e. The highest BCUT2D eigenvalue weighted by Gasteiger charge is 2.17. The fourth-order valence-corrected chi connectivity index (χ4v) is 4.55. The van der Waals surface area contributed by atoms with Crippen molar-refractivity contribution in [2.24, 2.45) is 0 Å². The lowest BCUT2D eigenvalue weighted by Gasteiger charge is -2.15. The lowest BCUT2D eigenvalue weighted by atomic mass is 9.99. The maximum Gasteiger partial charge on any atom is 0.115 e. The molecule has 4 nitrogen and oxygen atoms in total. The van der Waals surface area contributed by atoms with Gasteiger partial charge in [0.1, 0.15) is 11.1 Å². The highest BCUT2D eigenvalue weighted by atomic mass is 35.5. The zero-order valence-electron chi connectivity index (χ0n) is 18.7. The van der Waals surface area contributed by atoms with E-state index in [1.807, 2.05) is 67.6 Å². The van der Waals surface area contributed by atoms with E-state index >= 15 is 0 Å². The van der Waals surface area contributed by atoms with Crippen LogP contribution in [0.2, 0.25) is 5.02 Å². The molecule has 0 amide bonds. The number of nitrogens with one attached hydrogen (secondary N) is 1. The molecule has 1 atom stereocenters. The second-order valence-corrected chi connectivity index (χ2v) is 9.38. The normalized spacial score (nSPS) is 11.6. The highest BCUT2D eigenvalue weighted by molar-refractivity contribution is 7.99. The minimum absolute atomic E-state index is 0.375. The first-order chi connectivity index (χ1) is 16.5. The number of pyridine rings is 1. The standard InChI is InChI=1S/C28H24ClN3OS/c1-19-7-9-21(10-8-19)27-15-25(20-5-3-2-4-6-20)26(16-30)28(32-27)34-18-24(33)17-31-23-13-11-22(29)12-14-23/h2-15,24,31,33H,17-18H2,1H3. The van der Waals surface area contributed by atoms with Gasteiger partial charge in [-0.2, -0.15) is 5.26 Å². The summed E-state index contributed by atoms with van der Waals surface area (Å²) in [6, 6.07) is 29.7. The number of nitriles is 1. The molecule has 0 aliphatic rings. The van der Waals surface area contributed by atoms with E-state index in [-0.39, 0.29) is 0 Å². The zero-order valence-corrected chi connectivity index (χ0v) is 20.3. The first-order valence-electron chi connectivity index (χ1n) is 10.9. The molecule has 34 heavy (non-hydrogen) atoms. The largest absolute Gasteiger partial charge is 0.390 e. The molecule has 0 saturated carbocycles. The number of rotatable bonds is 8. The number of halogens is 1. The molecule has 0 aliphatic carbocycles. The van der Waals surface area contributed by atoms with Crippen molar-refractivity contribution in [2.75, 3.05) is 17.6 Å². The van der Waals surface area contributed by atoms with E-state index in [4.69, 9.17) is 16.6 Å². The molecule has 2 N–H and O–H groups in total. The summed E-state index contributed by atoms with van der Waals surface area (Å²) in [5, 5.41) is 25.1. The minimum atomic E-state index is -0.628. The van der Waals surface area contributed by atoms with Crippen LogP contribution >= 0.6 is 23.4 Å².